The Morgan fingerprint density at radius 3 is 2.35 bits per heavy atom. The van der Waals surface area contributed by atoms with E-state index in [1.165, 1.54) is 0 Å². The molecule has 1 N–H and O–H groups in total. The molecule has 0 aliphatic carbocycles. The second kappa shape index (κ2) is 9.15. The Bertz CT molecular complexity index is 1510. The maximum Gasteiger partial charge on any atom is 0.260 e. The largest absolute Gasteiger partial charge is 0.360 e. The lowest BCUT2D eigenvalue weighted by Crippen LogP contribution is -2.32. The van der Waals surface area contributed by atoms with Gasteiger partial charge in [0.25, 0.3) is 11.5 Å². The number of nitrogens with one attached hydrogen (secondary N) is 1. The van der Waals surface area contributed by atoms with Gasteiger partial charge in [0, 0.05) is 12.1 Å². The van der Waals surface area contributed by atoms with Gasteiger partial charge < -0.3 is 14.4 Å². The maximum absolute atomic E-state index is 13.9. The molecule has 0 spiro atoms. The molecule has 0 saturated carbocycles. The molecule has 0 unspecified atom stereocenters. The summed E-state index contributed by atoms with van der Waals surface area (Å²) < 4.78 is 5.43. The molecule has 0 fully saturated rings. The van der Waals surface area contributed by atoms with Gasteiger partial charge in [-0.3, -0.25) is 9.59 Å². The third kappa shape index (κ3) is 4.23. The Balaban J connectivity index is 1.56. The molecule has 0 saturated heterocycles. The van der Waals surface area contributed by atoms with Gasteiger partial charge in [-0.2, -0.15) is 0 Å². The van der Waals surface area contributed by atoms with E-state index >= 15 is 0 Å². The van der Waals surface area contributed by atoms with Crippen LogP contribution in [0.2, 0.25) is 0 Å². The van der Waals surface area contributed by atoms with Gasteiger partial charge in [-0.25, -0.2) is 4.98 Å². The normalized spacial score (nSPS) is 11.0. The van der Waals surface area contributed by atoms with E-state index in [1.54, 1.807) is 30.0 Å². The van der Waals surface area contributed by atoms with Crippen molar-refractivity contribution in [3.8, 4) is 11.3 Å². The van der Waals surface area contributed by atoms with Crippen LogP contribution in [-0.2, 0) is 13.1 Å². The number of benzene rings is 3. The summed E-state index contributed by atoms with van der Waals surface area (Å²) in [5.74, 6) is 0.586. The summed E-state index contributed by atoms with van der Waals surface area (Å²) >= 11 is 0. The van der Waals surface area contributed by atoms with E-state index < -0.39 is 0 Å². The Morgan fingerprint density at radius 1 is 0.912 bits per heavy atom. The predicted octanol–water partition coefficient (Wildman–Crippen LogP) is 4.73. The van der Waals surface area contributed by atoms with Gasteiger partial charge in [-0.1, -0.05) is 78.0 Å². The summed E-state index contributed by atoms with van der Waals surface area (Å²) in [6, 6.07) is 26.3. The molecule has 1 amide bonds. The number of amides is 1. The Morgan fingerprint density at radius 2 is 1.59 bits per heavy atom. The van der Waals surface area contributed by atoms with Crippen LogP contribution in [0.15, 0.2) is 94.2 Å². The fourth-order valence-corrected chi connectivity index (χ4v) is 3.97. The number of nitrogens with zero attached hydrogens (tertiary/aromatic N) is 3. The number of hydrogen-bond acceptors (Lipinski definition) is 5. The van der Waals surface area contributed by atoms with Crippen molar-refractivity contribution in [3.05, 3.63) is 118 Å². The number of aryl methyl sites for hydroxylation is 1. The summed E-state index contributed by atoms with van der Waals surface area (Å²) in [6.07, 6.45) is 0. The minimum atomic E-state index is -0.253. The van der Waals surface area contributed by atoms with Crippen LogP contribution in [0.3, 0.4) is 0 Å². The monoisotopic (exact) mass is 450 g/mol. The third-order valence-electron chi connectivity index (χ3n) is 5.63. The first-order valence-electron chi connectivity index (χ1n) is 10.9. The average molecular weight is 450 g/mol. The highest BCUT2D eigenvalue weighted by Crippen LogP contribution is 2.27. The number of carbonyl (C=O) groups excluding carboxylic acids is 1. The fraction of sp³-hybridized carbons (Fsp3) is 0.111. The second-order valence-corrected chi connectivity index (χ2v) is 8.00. The lowest BCUT2D eigenvalue weighted by atomic mass is 10.0. The molecule has 2 aromatic heterocycles. The van der Waals surface area contributed by atoms with Crippen molar-refractivity contribution < 1.29 is 9.32 Å². The topological polar surface area (TPSA) is 92.1 Å². The van der Waals surface area contributed by atoms with Crippen LogP contribution in [0, 0.1) is 6.92 Å². The summed E-state index contributed by atoms with van der Waals surface area (Å²) in [6.45, 7) is 2.17. The summed E-state index contributed by atoms with van der Waals surface area (Å²) in [5.41, 5.74) is 2.97. The second-order valence-electron chi connectivity index (χ2n) is 8.00. The van der Waals surface area contributed by atoms with E-state index in [0.29, 0.717) is 40.3 Å². The standard InChI is InChI=1S/C27H22N4O3/c1-18-24(25(30-34-18)20-12-6-3-7-13-20)27(33)31(16-19-10-4-2-5-11-19)17-23-28-22-15-9-8-14-21(22)26(32)29-23/h2-15H,16-17H2,1H3,(H,28,29,32). The van der Waals surface area contributed by atoms with E-state index in [9.17, 15) is 9.59 Å². The number of H-pyrrole nitrogens is 1. The van der Waals surface area contributed by atoms with Crippen molar-refractivity contribution in [3.63, 3.8) is 0 Å². The molecule has 168 valence electrons. The zero-order valence-electron chi connectivity index (χ0n) is 18.6. The molecular weight excluding hydrogens is 428 g/mol. The van der Waals surface area contributed by atoms with Gasteiger partial charge in [0.05, 0.1) is 17.4 Å². The molecule has 7 heteroatoms. The fourth-order valence-electron chi connectivity index (χ4n) is 3.97. The zero-order valence-corrected chi connectivity index (χ0v) is 18.6. The van der Waals surface area contributed by atoms with Crippen molar-refractivity contribution in [1.82, 2.24) is 20.0 Å². The van der Waals surface area contributed by atoms with Gasteiger partial charge in [0.2, 0.25) is 0 Å². The summed E-state index contributed by atoms with van der Waals surface area (Å²) in [4.78, 5) is 35.6. The van der Waals surface area contributed by atoms with Crippen molar-refractivity contribution in [1.29, 1.82) is 0 Å². The molecule has 0 bridgehead atoms. The van der Waals surface area contributed by atoms with E-state index in [1.807, 2.05) is 66.7 Å². The van der Waals surface area contributed by atoms with Gasteiger partial charge in [0.15, 0.2) is 0 Å². The van der Waals surface area contributed by atoms with Crippen LogP contribution in [0.5, 0.6) is 0 Å². The molecular formula is C27H22N4O3. The number of aromatic nitrogens is 3. The Labute approximate surface area is 195 Å². The molecule has 34 heavy (non-hydrogen) atoms. The summed E-state index contributed by atoms with van der Waals surface area (Å²) in [7, 11) is 0. The highest BCUT2D eigenvalue weighted by atomic mass is 16.5. The highest BCUT2D eigenvalue weighted by molar-refractivity contribution is 6.00. The van der Waals surface area contributed by atoms with Crippen molar-refractivity contribution in [2.75, 3.05) is 0 Å². The smallest absolute Gasteiger partial charge is 0.260 e. The Kier molecular flexibility index (Phi) is 5.74. The molecule has 3 aromatic carbocycles. The van der Waals surface area contributed by atoms with Crippen molar-refractivity contribution in [2.24, 2.45) is 0 Å². The quantitative estimate of drug-likeness (QED) is 0.404. The van der Waals surface area contributed by atoms with Crippen LogP contribution in [0.1, 0.15) is 27.5 Å². The lowest BCUT2D eigenvalue weighted by molar-refractivity contribution is 0.0724. The first-order chi connectivity index (χ1) is 16.6. The van der Waals surface area contributed by atoms with Crippen LogP contribution >= 0.6 is 0 Å². The molecule has 0 atom stereocenters. The van der Waals surface area contributed by atoms with Crippen LogP contribution in [-0.4, -0.2) is 25.9 Å². The molecule has 0 aliphatic heterocycles. The number of rotatable bonds is 6. The first-order valence-corrected chi connectivity index (χ1v) is 10.9. The zero-order chi connectivity index (χ0) is 23.5. The SMILES string of the molecule is Cc1onc(-c2ccccc2)c1C(=O)N(Cc1ccccc1)Cc1nc2ccccc2c(=O)[nH]1. The number of para-hydroxylation sites is 1. The molecule has 5 rings (SSSR count). The lowest BCUT2D eigenvalue weighted by Gasteiger charge is -2.22. The van der Waals surface area contributed by atoms with Crippen molar-refractivity contribution in [2.45, 2.75) is 20.0 Å². The van der Waals surface area contributed by atoms with Crippen LogP contribution in [0.25, 0.3) is 22.2 Å². The van der Waals surface area contributed by atoms with Gasteiger partial charge >= 0.3 is 0 Å². The minimum absolute atomic E-state index is 0.118. The summed E-state index contributed by atoms with van der Waals surface area (Å²) in [5, 5.41) is 4.67. The molecule has 0 aliphatic rings. The molecule has 7 nitrogen and oxygen atoms in total. The van der Waals surface area contributed by atoms with E-state index in [4.69, 9.17) is 4.52 Å². The highest BCUT2D eigenvalue weighted by Gasteiger charge is 2.27. The number of aromatic amines is 1. The number of hydrogen-bond donors (Lipinski definition) is 1. The van der Waals surface area contributed by atoms with Crippen molar-refractivity contribution >= 4 is 16.8 Å². The van der Waals surface area contributed by atoms with E-state index in [-0.39, 0.29) is 18.0 Å². The molecule has 0 radical (unpaired) electrons. The maximum atomic E-state index is 13.9. The van der Waals surface area contributed by atoms with E-state index in [2.05, 4.69) is 15.1 Å². The molecule has 2 heterocycles. The molecule has 5 aromatic rings. The minimum Gasteiger partial charge on any atom is -0.360 e. The third-order valence-corrected chi connectivity index (χ3v) is 5.63. The van der Waals surface area contributed by atoms with E-state index in [0.717, 1.165) is 11.1 Å². The number of carbonyl (C=O) groups is 1. The van der Waals surface area contributed by atoms with Gasteiger partial charge in [-0.15, -0.1) is 0 Å². The predicted molar refractivity (Wildman–Crippen MR) is 129 cm³/mol. The number of fused-ring (bicyclic) bond motifs is 1. The Hall–Kier alpha value is -4.52. The van der Waals surface area contributed by atoms with Gasteiger partial charge in [-0.05, 0) is 24.6 Å². The first kappa shape index (κ1) is 21.3. The van der Waals surface area contributed by atoms with Crippen LogP contribution in [0.4, 0.5) is 0 Å². The average Bonchev–Trinajstić information content (AvgIpc) is 3.26. The van der Waals surface area contributed by atoms with Crippen LogP contribution < -0.4 is 5.56 Å². The van der Waals surface area contributed by atoms with Gasteiger partial charge in [0.1, 0.15) is 22.8 Å².